The fraction of sp³-hybridized carbons (Fsp3) is 0.417. The van der Waals surface area contributed by atoms with Gasteiger partial charge in [0, 0.05) is 12.6 Å². The van der Waals surface area contributed by atoms with Gasteiger partial charge in [-0.3, -0.25) is 9.59 Å². The number of halogens is 2. The number of nitrogens with zero attached hydrogens (tertiary/aromatic N) is 1. The number of ether oxygens (including phenoxy) is 1. The molecule has 2 amide bonds. The molecule has 0 spiro atoms. The molecule has 0 aromatic heterocycles. The molecule has 0 aliphatic carbocycles. The van der Waals surface area contributed by atoms with Crippen LogP contribution in [0.4, 0.5) is 0 Å². The lowest BCUT2D eigenvalue weighted by Gasteiger charge is -2.29. The highest BCUT2D eigenvalue weighted by Crippen LogP contribution is 2.24. The topological polar surface area (TPSA) is 58.6 Å². The largest absolute Gasteiger partial charge is 0.484 e. The summed E-state index contributed by atoms with van der Waals surface area (Å²) in [7, 11) is 0. The monoisotopic (exact) mass is 464 g/mol. The van der Waals surface area contributed by atoms with E-state index in [0.29, 0.717) is 15.8 Å². The number of amides is 2. The number of carbonyl (C=O) groups is 2. The van der Waals surface area contributed by atoms with Crippen molar-refractivity contribution in [1.29, 1.82) is 0 Å². The van der Waals surface area contributed by atoms with E-state index in [1.165, 1.54) is 10.5 Å². The third-order valence-corrected chi connectivity index (χ3v) is 5.94. The smallest absolute Gasteiger partial charge is 0.261 e. The van der Waals surface area contributed by atoms with Crippen molar-refractivity contribution in [3.63, 3.8) is 0 Å². The highest BCUT2D eigenvalue weighted by molar-refractivity contribution is 6.42. The predicted octanol–water partition coefficient (Wildman–Crippen LogP) is 5.27. The van der Waals surface area contributed by atoms with E-state index < -0.39 is 6.04 Å². The van der Waals surface area contributed by atoms with Gasteiger partial charge >= 0.3 is 0 Å². The van der Waals surface area contributed by atoms with Crippen LogP contribution in [-0.4, -0.2) is 35.4 Å². The Hall–Kier alpha value is -2.24. The standard InChI is InChI=1S/C24H30Cl2N2O3/c1-5-16(3)27-24(30)17(4)28(14-19-9-12-21(25)22(26)13-19)23(29)15-31-20-10-7-18(6-2)8-11-20/h7-13,16-17H,5-6,14-15H2,1-4H3,(H,27,30)/t16-,17+/m0/s1. The van der Waals surface area contributed by atoms with Crippen molar-refractivity contribution in [3.05, 3.63) is 63.6 Å². The van der Waals surface area contributed by atoms with Crippen LogP contribution in [0.15, 0.2) is 42.5 Å². The van der Waals surface area contributed by atoms with E-state index in [1.807, 2.05) is 38.1 Å². The zero-order valence-electron chi connectivity index (χ0n) is 18.5. The lowest BCUT2D eigenvalue weighted by molar-refractivity contribution is -0.142. The highest BCUT2D eigenvalue weighted by atomic mass is 35.5. The molecular weight excluding hydrogens is 435 g/mol. The molecule has 0 heterocycles. The summed E-state index contributed by atoms with van der Waals surface area (Å²) in [6.45, 7) is 7.75. The summed E-state index contributed by atoms with van der Waals surface area (Å²) in [5, 5.41) is 3.77. The summed E-state index contributed by atoms with van der Waals surface area (Å²) in [4.78, 5) is 27.3. The Labute approximate surface area is 194 Å². The number of rotatable bonds is 10. The van der Waals surface area contributed by atoms with E-state index in [4.69, 9.17) is 27.9 Å². The molecule has 0 bridgehead atoms. The molecule has 0 aliphatic rings. The van der Waals surface area contributed by atoms with Gasteiger partial charge in [0.25, 0.3) is 5.91 Å². The van der Waals surface area contributed by atoms with E-state index in [-0.39, 0.29) is 31.0 Å². The van der Waals surface area contributed by atoms with Gasteiger partial charge in [0.15, 0.2) is 6.61 Å². The van der Waals surface area contributed by atoms with Crippen LogP contribution in [0.1, 0.15) is 45.2 Å². The average molecular weight is 465 g/mol. The van der Waals surface area contributed by atoms with Gasteiger partial charge in [0.1, 0.15) is 11.8 Å². The van der Waals surface area contributed by atoms with Crippen LogP contribution < -0.4 is 10.1 Å². The van der Waals surface area contributed by atoms with Gasteiger partial charge in [-0.25, -0.2) is 0 Å². The van der Waals surface area contributed by atoms with E-state index in [1.54, 1.807) is 25.1 Å². The lowest BCUT2D eigenvalue weighted by Crippen LogP contribution is -2.50. The second-order valence-electron chi connectivity index (χ2n) is 7.55. The maximum absolute atomic E-state index is 13.1. The molecule has 0 fully saturated rings. The Morgan fingerprint density at radius 2 is 1.65 bits per heavy atom. The van der Waals surface area contributed by atoms with Crippen LogP contribution >= 0.6 is 23.2 Å². The van der Waals surface area contributed by atoms with Crippen molar-refractivity contribution in [1.82, 2.24) is 10.2 Å². The van der Waals surface area contributed by atoms with E-state index in [0.717, 1.165) is 18.4 Å². The zero-order valence-corrected chi connectivity index (χ0v) is 20.0. The molecule has 5 nitrogen and oxygen atoms in total. The van der Waals surface area contributed by atoms with Crippen LogP contribution in [-0.2, 0) is 22.6 Å². The minimum Gasteiger partial charge on any atom is -0.484 e. The van der Waals surface area contributed by atoms with Crippen molar-refractivity contribution < 1.29 is 14.3 Å². The maximum atomic E-state index is 13.1. The maximum Gasteiger partial charge on any atom is 0.261 e. The molecule has 0 saturated heterocycles. The average Bonchev–Trinajstić information content (AvgIpc) is 2.77. The zero-order chi connectivity index (χ0) is 23.0. The summed E-state index contributed by atoms with van der Waals surface area (Å²) in [6.07, 6.45) is 1.73. The van der Waals surface area contributed by atoms with E-state index in [9.17, 15) is 9.59 Å². The quantitative estimate of drug-likeness (QED) is 0.520. The molecule has 7 heteroatoms. The van der Waals surface area contributed by atoms with Gasteiger partial charge in [-0.05, 0) is 62.1 Å². The molecule has 0 aliphatic heterocycles. The number of nitrogens with one attached hydrogen (secondary N) is 1. The molecule has 1 N–H and O–H groups in total. The van der Waals surface area contributed by atoms with Crippen molar-refractivity contribution in [2.24, 2.45) is 0 Å². The normalized spacial score (nSPS) is 12.7. The second kappa shape index (κ2) is 12.0. The first-order valence-electron chi connectivity index (χ1n) is 10.5. The van der Waals surface area contributed by atoms with Crippen molar-refractivity contribution in [3.8, 4) is 5.75 Å². The number of hydrogen-bond acceptors (Lipinski definition) is 3. The van der Waals surface area contributed by atoms with Crippen molar-refractivity contribution in [2.75, 3.05) is 6.61 Å². The molecule has 31 heavy (non-hydrogen) atoms. The molecule has 2 atom stereocenters. The Balaban J connectivity index is 2.16. The Morgan fingerprint density at radius 3 is 2.23 bits per heavy atom. The van der Waals surface area contributed by atoms with Crippen LogP contribution in [0.5, 0.6) is 5.75 Å². The second-order valence-corrected chi connectivity index (χ2v) is 8.36. The third kappa shape index (κ3) is 7.44. The van der Waals surface area contributed by atoms with Gasteiger partial charge in [0.2, 0.25) is 5.91 Å². The molecule has 2 aromatic carbocycles. The number of carbonyl (C=O) groups excluding carboxylic acids is 2. The Bertz CT molecular complexity index is 887. The third-order valence-electron chi connectivity index (χ3n) is 5.20. The van der Waals surface area contributed by atoms with E-state index in [2.05, 4.69) is 12.2 Å². The first kappa shape index (κ1) is 25.0. The lowest BCUT2D eigenvalue weighted by atomic mass is 10.1. The fourth-order valence-corrected chi connectivity index (χ4v) is 3.25. The minimum atomic E-state index is -0.679. The summed E-state index contributed by atoms with van der Waals surface area (Å²) >= 11 is 12.1. The van der Waals surface area contributed by atoms with Crippen LogP contribution in [0.25, 0.3) is 0 Å². The van der Waals surface area contributed by atoms with Gasteiger partial charge < -0.3 is 15.0 Å². The first-order valence-corrected chi connectivity index (χ1v) is 11.3. The van der Waals surface area contributed by atoms with Gasteiger partial charge in [0.05, 0.1) is 10.0 Å². The highest BCUT2D eigenvalue weighted by Gasteiger charge is 2.27. The predicted molar refractivity (Wildman–Crippen MR) is 126 cm³/mol. The molecule has 2 aromatic rings. The molecule has 2 rings (SSSR count). The fourth-order valence-electron chi connectivity index (χ4n) is 2.93. The summed E-state index contributed by atoms with van der Waals surface area (Å²) in [5.41, 5.74) is 1.97. The van der Waals surface area contributed by atoms with Crippen LogP contribution in [0.3, 0.4) is 0 Å². The summed E-state index contributed by atoms with van der Waals surface area (Å²) in [6, 6.07) is 12.1. The summed E-state index contributed by atoms with van der Waals surface area (Å²) in [5.74, 6) is 0.101. The summed E-state index contributed by atoms with van der Waals surface area (Å²) < 4.78 is 5.69. The van der Waals surface area contributed by atoms with Gasteiger partial charge in [-0.15, -0.1) is 0 Å². The molecule has 0 saturated carbocycles. The number of benzene rings is 2. The minimum absolute atomic E-state index is 0.0187. The van der Waals surface area contributed by atoms with Crippen LogP contribution in [0, 0.1) is 0 Å². The van der Waals surface area contributed by atoms with Crippen molar-refractivity contribution >= 4 is 35.0 Å². The number of aryl methyl sites for hydroxylation is 1. The van der Waals surface area contributed by atoms with E-state index >= 15 is 0 Å². The van der Waals surface area contributed by atoms with Gasteiger partial charge in [-0.1, -0.05) is 55.2 Å². The first-order chi connectivity index (χ1) is 14.7. The SMILES string of the molecule is CCc1ccc(OCC(=O)N(Cc2ccc(Cl)c(Cl)c2)[C@H](C)C(=O)N[C@@H](C)CC)cc1. The molecule has 0 unspecified atom stereocenters. The molecule has 168 valence electrons. The Kier molecular flexibility index (Phi) is 9.66. The molecular formula is C24H30Cl2N2O3. The number of hydrogen-bond donors (Lipinski definition) is 1. The van der Waals surface area contributed by atoms with Crippen LogP contribution in [0.2, 0.25) is 10.0 Å². The van der Waals surface area contributed by atoms with Crippen molar-refractivity contribution in [2.45, 2.75) is 59.2 Å². The Morgan fingerprint density at radius 1 is 1.00 bits per heavy atom. The van der Waals surface area contributed by atoms with Gasteiger partial charge in [-0.2, -0.15) is 0 Å². The molecule has 0 radical (unpaired) electrons.